The minimum absolute atomic E-state index is 0.124. The van der Waals surface area contributed by atoms with E-state index in [0.29, 0.717) is 27.2 Å². The lowest BCUT2D eigenvalue weighted by molar-refractivity contribution is -0.116. The Hall–Kier alpha value is -2.37. The molecule has 0 aliphatic carbocycles. The number of anilines is 1. The highest BCUT2D eigenvalue weighted by atomic mass is 35.5. The molecule has 3 aromatic rings. The highest BCUT2D eigenvalue weighted by Gasteiger charge is 2.13. The summed E-state index contributed by atoms with van der Waals surface area (Å²) in [5.74, 6) is 1.14. The highest BCUT2D eigenvalue weighted by Crippen LogP contribution is 2.32. The fraction of sp³-hybridized carbons (Fsp3) is 0.167. The molecule has 1 amide bonds. The van der Waals surface area contributed by atoms with Crippen LogP contribution in [-0.4, -0.2) is 24.7 Å². The van der Waals surface area contributed by atoms with Crippen LogP contribution >= 0.6 is 23.2 Å². The van der Waals surface area contributed by atoms with Gasteiger partial charge < -0.3 is 19.4 Å². The molecule has 1 aromatic heterocycles. The van der Waals surface area contributed by atoms with Crippen molar-refractivity contribution in [2.24, 2.45) is 0 Å². The van der Waals surface area contributed by atoms with Gasteiger partial charge in [-0.15, -0.1) is 0 Å². The Morgan fingerprint density at radius 2 is 1.92 bits per heavy atom. The van der Waals surface area contributed by atoms with Gasteiger partial charge in [0.05, 0.1) is 30.4 Å². The second kappa shape index (κ2) is 7.25. The SMILES string of the molecule is COc1cc(OC)c2ccn(CC(=O)Nc3ccc(Cl)cc3Cl)c2c1. The molecular weight excluding hydrogens is 363 g/mol. The van der Waals surface area contributed by atoms with E-state index in [1.54, 1.807) is 38.5 Å². The number of methoxy groups -OCH3 is 2. The zero-order valence-electron chi connectivity index (χ0n) is 13.7. The smallest absolute Gasteiger partial charge is 0.244 e. The van der Waals surface area contributed by atoms with Crippen molar-refractivity contribution in [1.82, 2.24) is 4.57 Å². The van der Waals surface area contributed by atoms with Crippen molar-refractivity contribution in [2.45, 2.75) is 6.54 Å². The number of aromatic nitrogens is 1. The van der Waals surface area contributed by atoms with Gasteiger partial charge in [0.15, 0.2) is 0 Å². The number of benzene rings is 2. The van der Waals surface area contributed by atoms with Gasteiger partial charge in [0, 0.05) is 28.7 Å². The van der Waals surface area contributed by atoms with Crippen LogP contribution in [0.25, 0.3) is 10.9 Å². The largest absolute Gasteiger partial charge is 0.497 e. The van der Waals surface area contributed by atoms with E-state index in [9.17, 15) is 4.79 Å². The Morgan fingerprint density at radius 1 is 1.12 bits per heavy atom. The first kappa shape index (κ1) is 17.5. The number of ether oxygens (including phenoxy) is 2. The van der Waals surface area contributed by atoms with Gasteiger partial charge in [-0.3, -0.25) is 4.79 Å². The van der Waals surface area contributed by atoms with Gasteiger partial charge in [-0.2, -0.15) is 0 Å². The van der Waals surface area contributed by atoms with E-state index in [4.69, 9.17) is 32.7 Å². The van der Waals surface area contributed by atoms with Crippen molar-refractivity contribution in [3.8, 4) is 11.5 Å². The second-order valence-corrected chi connectivity index (χ2v) is 6.22. The fourth-order valence-electron chi connectivity index (χ4n) is 2.60. The molecule has 0 bridgehead atoms. The summed E-state index contributed by atoms with van der Waals surface area (Å²) in [4.78, 5) is 12.4. The number of rotatable bonds is 5. The summed E-state index contributed by atoms with van der Waals surface area (Å²) in [6, 6.07) is 10.5. The quantitative estimate of drug-likeness (QED) is 0.705. The molecule has 5 nitrogen and oxygen atoms in total. The highest BCUT2D eigenvalue weighted by molar-refractivity contribution is 6.36. The van der Waals surface area contributed by atoms with E-state index in [1.807, 2.05) is 22.9 Å². The van der Waals surface area contributed by atoms with Gasteiger partial charge in [-0.05, 0) is 24.3 Å². The molecule has 0 saturated heterocycles. The lowest BCUT2D eigenvalue weighted by Crippen LogP contribution is -2.18. The molecule has 0 aliphatic heterocycles. The topological polar surface area (TPSA) is 52.5 Å². The Labute approximate surface area is 155 Å². The van der Waals surface area contributed by atoms with Gasteiger partial charge in [0.2, 0.25) is 5.91 Å². The number of hydrogen-bond acceptors (Lipinski definition) is 3. The minimum Gasteiger partial charge on any atom is -0.497 e. The molecule has 0 saturated carbocycles. The summed E-state index contributed by atoms with van der Waals surface area (Å²) in [5, 5.41) is 4.59. The molecule has 130 valence electrons. The molecule has 3 rings (SSSR count). The average molecular weight is 379 g/mol. The number of hydrogen-bond donors (Lipinski definition) is 1. The first-order chi connectivity index (χ1) is 12.0. The number of carbonyl (C=O) groups excluding carboxylic acids is 1. The maximum atomic E-state index is 12.4. The molecular formula is C18H16Cl2N2O3. The summed E-state index contributed by atoms with van der Waals surface area (Å²) in [6.45, 7) is 0.124. The zero-order valence-corrected chi connectivity index (χ0v) is 15.2. The maximum Gasteiger partial charge on any atom is 0.244 e. The van der Waals surface area contributed by atoms with Crippen LogP contribution in [0.3, 0.4) is 0 Å². The first-order valence-corrected chi connectivity index (χ1v) is 8.23. The summed E-state index contributed by atoms with van der Waals surface area (Å²) >= 11 is 12.0. The minimum atomic E-state index is -0.205. The average Bonchev–Trinajstić information content (AvgIpc) is 2.99. The van der Waals surface area contributed by atoms with E-state index in [1.165, 1.54) is 0 Å². The molecule has 1 heterocycles. The maximum absolute atomic E-state index is 12.4. The van der Waals surface area contributed by atoms with Crippen LogP contribution in [0.4, 0.5) is 5.69 Å². The monoisotopic (exact) mass is 378 g/mol. The molecule has 0 spiro atoms. The van der Waals surface area contributed by atoms with Gasteiger partial charge in [0.25, 0.3) is 0 Å². The van der Waals surface area contributed by atoms with Crippen molar-refractivity contribution in [3.63, 3.8) is 0 Å². The fourth-order valence-corrected chi connectivity index (χ4v) is 3.05. The number of carbonyl (C=O) groups is 1. The summed E-state index contributed by atoms with van der Waals surface area (Å²) in [5.41, 5.74) is 1.36. The summed E-state index contributed by atoms with van der Waals surface area (Å²) in [7, 11) is 3.18. The van der Waals surface area contributed by atoms with Crippen molar-refractivity contribution in [2.75, 3.05) is 19.5 Å². The molecule has 1 N–H and O–H groups in total. The molecule has 7 heteroatoms. The van der Waals surface area contributed by atoms with Gasteiger partial charge in [0.1, 0.15) is 18.0 Å². The van der Waals surface area contributed by atoms with Crippen molar-refractivity contribution in [3.05, 3.63) is 52.6 Å². The third-order valence-corrected chi connectivity index (χ3v) is 4.35. The second-order valence-electron chi connectivity index (χ2n) is 5.38. The van der Waals surface area contributed by atoms with Crippen molar-refractivity contribution in [1.29, 1.82) is 0 Å². The van der Waals surface area contributed by atoms with Crippen LogP contribution in [-0.2, 0) is 11.3 Å². The Bertz CT molecular complexity index is 937. The lowest BCUT2D eigenvalue weighted by Gasteiger charge is -2.11. The van der Waals surface area contributed by atoms with E-state index < -0.39 is 0 Å². The molecule has 0 fully saturated rings. The number of fused-ring (bicyclic) bond motifs is 1. The number of amides is 1. The number of nitrogens with one attached hydrogen (secondary N) is 1. The standard InChI is InChI=1S/C18H16Cl2N2O3/c1-24-12-8-16-13(17(9-12)25-2)5-6-22(16)10-18(23)21-15-4-3-11(19)7-14(15)20/h3-9H,10H2,1-2H3,(H,21,23). The molecule has 2 aromatic carbocycles. The lowest BCUT2D eigenvalue weighted by atomic mass is 10.2. The van der Waals surface area contributed by atoms with Crippen LogP contribution < -0.4 is 14.8 Å². The van der Waals surface area contributed by atoms with E-state index >= 15 is 0 Å². The van der Waals surface area contributed by atoms with Crippen molar-refractivity contribution < 1.29 is 14.3 Å². The van der Waals surface area contributed by atoms with Gasteiger partial charge in [-0.25, -0.2) is 0 Å². The zero-order chi connectivity index (χ0) is 18.0. The Balaban J connectivity index is 1.86. The summed E-state index contributed by atoms with van der Waals surface area (Å²) in [6.07, 6.45) is 1.83. The van der Waals surface area contributed by atoms with Crippen LogP contribution in [0.1, 0.15) is 0 Å². The third-order valence-electron chi connectivity index (χ3n) is 3.80. The first-order valence-electron chi connectivity index (χ1n) is 7.47. The Morgan fingerprint density at radius 3 is 2.60 bits per heavy atom. The van der Waals surface area contributed by atoms with Crippen molar-refractivity contribution >= 4 is 45.7 Å². The van der Waals surface area contributed by atoms with E-state index in [-0.39, 0.29) is 12.5 Å². The van der Waals surface area contributed by atoms with E-state index in [2.05, 4.69) is 5.32 Å². The molecule has 0 aliphatic rings. The van der Waals surface area contributed by atoms with E-state index in [0.717, 1.165) is 10.9 Å². The normalized spacial score (nSPS) is 10.7. The van der Waals surface area contributed by atoms with Crippen LogP contribution in [0.15, 0.2) is 42.6 Å². The van der Waals surface area contributed by atoms with Crippen LogP contribution in [0.5, 0.6) is 11.5 Å². The number of halogens is 2. The predicted molar refractivity (Wildman–Crippen MR) is 100 cm³/mol. The molecule has 0 unspecified atom stereocenters. The molecule has 25 heavy (non-hydrogen) atoms. The summed E-state index contributed by atoms with van der Waals surface area (Å²) < 4.78 is 12.5. The molecule has 0 atom stereocenters. The van der Waals surface area contributed by atoms with Crippen LogP contribution in [0.2, 0.25) is 10.0 Å². The van der Waals surface area contributed by atoms with Crippen LogP contribution in [0, 0.1) is 0 Å². The predicted octanol–water partition coefficient (Wildman–Crippen LogP) is 4.60. The van der Waals surface area contributed by atoms with Gasteiger partial charge in [-0.1, -0.05) is 23.2 Å². The van der Waals surface area contributed by atoms with Gasteiger partial charge >= 0.3 is 0 Å². The molecule has 0 radical (unpaired) electrons. The number of nitrogens with zero attached hydrogens (tertiary/aromatic N) is 1. The Kier molecular flexibility index (Phi) is 5.06. The third kappa shape index (κ3) is 3.67.